The van der Waals surface area contributed by atoms with Gasteiger partial charge in [0, 0.05) is 36.3 Å². The fourth-order valence-electron chi connectivity index (χ4n) is 7.23. The van der Waals surface area contributed by atoms with Crippen LogP contribution in [0.2, 0.25) is 0 Å². The normalized spacial score (nSPS) is 31.1. The second kappa shape index (κ2) is 9.20. The third kappa shape index (κ3) is 4.06. The summed E-state index contributed by atoms with van der Waals surface area (Å²) in [5, 5.41) is 0. The van der Waals surface area contributed by atoms with Crippen LogP contribution < -0.4 is 9.80 Å². The maximum absolute atomic E-state index is 13.8. The second-order valence-electron chi connectivity index (χ2n) is 10.9. The van der Waals surface area contributed by atoms with Crippen LogP contribution in [-0.4, -0.2) is 24.9 Å². The van der Waals surface area contributed by atoms with Gasteiger partial charge in [0.05, 0.1) is 0 Å². The molecule has 2 amide bonds. The van der Waals surface area contributed by atoms with Crippen LogP contribution in [0.25, 0.3) is 0 Å². The quantitative estimate of drug-likeness (QED) is 0.518. The summed E-state index contributed by atoms with van der Waals surface area (Å²) in [4.78, 5) is 31.5. The lowest BCUT2D eigenvalue weighted by atomic mass is 10.0. The first kappa shape index (κ1) is 21.9. The lowest BCUT2D eigenvalue weighted by molar-refractivity contribution is -0.121. The topological polar surface area (TPSA) is 40.6 Å². The van der Waals surface area contributed by atoms with Crippen LogP contribution in [0.3, 0.4) is 0 Å². The summed E-state index contributed by atoms with van der Waals surface area (Å²) < 4.78 is 0. The Balaban J connectivity index is 1.23. The Bertz CT molecular complexity index is 915. The number of hydrogen-bond donors (Lipinski definition) is 0. The van der Waals surface area contributed by atoms with Crippen LogP contribution >= 0.6 is 0 Å². The van der Waals surface area contributed by atoms with Gasteiger partial charge < -0.3 is 9.80 Å². The average Bonchev–Trinajstić information content (AvgIpc) is 3.80. The number of amides is 2. The van der Waals surface area contributed by atoms with E-state index >= 15 is 0 Å². The van der Waals surface area contributed by atoms with Crippen molar-refractivity contribution in [2.75, 3.05) is 22.9 Å². The summed E-state index contributed by atoms with van der Waals surface area (Å²) in [5.41, 5.74) is 1.91. The van der Waals surface area contributed by atoms with Crippen LogP contribution in [0.4, 0.5) is 11.4 Å². The highest BCUT2D eigenvalue weighted by molar-refractivity contribution is 5.99. The first-order chi connectivity index (χ1) is 16.7. The number of anilines is 2. The number of para-hydroxylation sites is 2. The first-order valence-corrected chi connectivity index (χ1v) is 13.5. The van der Waals surface area contributed by atoms with Gasteiger partial charge >= 0.3 is 0 Å². The molecule has 4 unspecified atom stereocenters. The van der Waals surface area contributed by atoms with Crippen molar-refractivity contribution in [1.29, 1.82) is 0 Å². The van der Waals surface area contributed by atoms with E-state index in [1.165, 1.54) is 51.4 Å². The van der Waals surface area contributed by atoms with E-state index in [0.29, 0.717) is 36.8 Å². The van der Waals surface area contributed by atoms with Crippen molar-refractivity contribution in [1.82, 2.24) is 0 Å². The van der Waals surface area contributed by atoms with E-state index in [9.17, 15) is 9.59 Å². The predicted octanol–water partition coefficient (Wildman–Crippen LogP) is 5.93. The fraction of sp³-hybridized carbons (Fsp3) is 0.533. The monoisotopic (exact) mass is 456 g/mol. The molecule has 4 aliphatic carbocycles. The van der Waals surface area contributed by atoms with E-state index in [-0.39, 0.29) is 23.7 Å². The lowest BCUT2D eigenvalue weighted by Crippen LogP contribution is -2.43. The zero-order valence-electron chi connectivity index (χ0n) is 20.0. The molecular weight excluding hydrogens is 420 g/mol. The van der Waals surface area contributed by atoms with Gasteiger partial charge in [0.2, 0.25) is 11.8 Å². The molecule has 4 fully saturated rings. The molecule has 0 N–H and O–H groups in total. The van der Waals surface area contributed by atoms with Crippen molar-refractivity contribution >= 4 is 23.2 Å². The molecule has 4 atom stereocenters. The minimum absolute atomic E-state index is 0.176. The molecule has 4 nitrogen and oxygen atoms in total. The van der Waals surface area contributed by atoms with Gasteiger partial charge in [-0.15, -0.1) is 0 Å². The molecule has 2 aromatic carbocycles. The highest BCUT2D eigenvalue weighted by Crippen LogP contribution is 2.57. The fourth-order valence-corrected chi connectivity index (χ4v) is 7.23. The molecule has 6 rings (SSSR count). The van der Waals surface area contributed by atoms with Gasteiger partial charge in [0.1, 0.15) is 0 Å². The summed E-state index contributed by atoms with van der Waals surface area (Å²) in [5.74, 6) is 3.20. The number of carbonyl (C=O) groups is 2. The van der Waals surface area contributed by atoms with Crippen molar-refractivity contribution in [3.63, 3.8) is 0 Å². The number of nitrogens with zero attached hydrogens (tertiary/aromatic N) is 2. The summed E-state index contributed by atoms with van der Waals surface area (Å²) in [6, 6.07) is 20.2. The Hall–Kier alpha value is -2.62. The predicted molar refractivity (Wildman–Crippen MR) is 135 cm³/mol. The summed E-state index contributed by atoms with van der Waals surface area (Å²) in [6.07, 6.45) is 9.83. The molecule has 0 aromatic heterocycles. The summed E-state index contributed by atoms with van der Waals surface area (Å²) in [7, 11) is 0. The van der Waals surface area contributed by atoms with Crippen LogP contribution in [-0.2, 0) is 9.59 Å². The molecule has 0 bridgehead atoms. The van der Waals surface area contributed by atoms with Crippen molar-refractivity contribution in [3.05, 3.63) is 60.7 Å². The third-order valence-electron chi connectivity index (χ3n) is 9.10. The molecule has 0 saturated heterocycles. The molecule has 0 heterocycles. The minimum Gasteiger partial charge on any atom is -0.310 e. The zero-order chi connectivity index (χ0) is 23.1. The molecule has 4 saturated carbocycles. The Labute approximate surface area is 203 Å². The van der Waals surface area contributed by atoms with Gasteiger partial charge in [-0.05, 0) is 73.6 Å². The van der Waals surface area contributed by atoms with Crippen LogP contribution in [0.5, 0.6) is 0 Å². The van der Waals surface area contributed by atoms with Crippen molar-refractivity contribution in [2.45, 2.75) is 51.4 Å². The standard InChI is InChI=1S/C30H36N2O2/c33-29(27-23-15-7-8-16-24(23)27)31(21-11-3-1-4-12-21)19-20-32(22-13-5-2-6-14-22)30(34)28-25-17-9-10-18-26(25)28/h1-6,11-14,23-28H,7-10,15-20H2. The van der Waals surface area contributed by atoms with E-state index in [1.807, 2.05) is 70.5 Å². The average molecular weight is 457 g/mol. The second-order valence-corrected chi connectivity index (χ2v) is 10.9. The van der Waals surface area contributed by atoms with Gasteiger partial charge in [-0.1, -0.05) is 62.1 Å². The Kier molecular flexibility index (Phi) is 5.92. The molecule has 4 aliphatic rings. The smallest absolute Gasteiger partial charge is 0.230 e. The highest BCUT2D eigenvalue weighted by Gasteiger charge is 2.57. The Morgan fingerprint density at radius 1 is 0.559 bits per heavy atom. The van der Waals surface area contributed by atoms with Gasteiger partial charge in [-0.25, -0.2) is 0 Å². The molecule has 178 valence electrons. The molecule has 0 spiro atoms. The van der Waals surface area contributed by atoms with Gasteiger partial charge in [0.15, 0.2) is 0 Å². The molecule has 0 aliphatic heterocycles. The Morgan fingerprint density at radius 2 is 0.882 bits per heavy atom. The number of carbonyl (C=O) groups excluding carboxylic acids is 2. The van der Waals surface area contributed by atoms with E-state index < -0.39 is 0 Å². The van der Waals surface area contributed by atoms with E-state index in [0.717, 1.165) is 11.4 Å². The molecule has 4 heteroatoms. The van der Waals surface area contributed by atoms with Crippen molar-refractivity contribution < 1.29 is 9.59 Å². The summed E-state index contributed by atoms with van der Waals surface area (Å²) >= 11 is 0. The molecule has 34 heavy (non-hydrogen) atoms. The SMILES string of the molecule is O=C(C1C2CCCCC21)N(CCN(C(=O)C1C2CCCCC21)c1ccccc1)c1ccccc1. The highest BCUT2D eigenvalue weighted by atomic mass is 16.2. The van der Waals surface area contributed by atoms with Crippen LogP contribution in [0.15, 0.2) is 60.7 Å². The minimum atomic E-state index is 0.176. The zero-order valence-corrected chi connectivity index (χ0v) is 20.0. The number of hydrogen-bond acceptors (Lipinski definition) is 2. The number of benzene rings is 2. The number of rotatable bonds is 7. The van der Waals surface area contributed by atoms with E-state index in [4.69, 9.17) is 0 Å². The summed E-state index contributed by atoms with van der Waals surface area (Å²) in [6.45, 7) is 1.09. The van der Waals surface area contributed by atoms with Crippen molar-refractivity contribution in [2.24, 2.45) is 35.5 Å². The van der Waals surface area contributed by atoms with E-state index in [2.05, 4.69) is 0 Å². The molecular formula is C30H36N2O2. The lowest BCUT2D eigenvalue weighted by Gasteiger charge is -2.29. The number of fused-ring (bicyclic) bond motifs is 2. The first-order valence-electron chi connectivity index (χ1n) is 13.5. The van der Waals surface area contributed by atoms with Crippen LogP contribution in [0, 0.1) is 35.5 Å². The van der Waals surface area contributed by atoms with E-state index in [1.54, 1.807) is 0 Å². The van der Waals surface area contributed by atoms with Crippen LogP contribution in [0.1, 0.15) is 51.4 Å². The maximum atomic E-state index is 13.8. The molecule has 2 aromatic rings. The maximum Gasteiger partial charge on any atom is 0.230 e. The van der Waals surface area contributed by atoms with Gasteiger partial charge in [-0.3, -0.25) is 9.59 Å². The van der Waals surface area contributed by atoms with Gasteiger partial charge in [0.25, 0.3) is 0 Å². The Morgan fingerprint density at radius 3 is 1.21 bits per heavy atom. The molecule has 0 radical (unpaired) electrons. The third-order valence-corrected chi connectivity index (χ3v) is 9.10. The van der Waals surface area contributed by atoms with Gasteiger partial charge in [-0.2, -0.15) is 0 Å². The van der Waals surface area contributed by atoms with Crippen molar-refractivity contribution in [3.8, 4) is 0 Å². The largest absolute Gasteiger partial charge is 0.310 e.